The fourth-order valence-corrected chi connectivity index (χ4v) is 3.14. The molecule has 1 aromatic carbocycles. The van der Waals surface area contributed by atoms with Crippen LogP contribution in [-0.4, -0.2) is 43.7 Å². The van der Waals surface area contributed by atoms with Crippen molar-refractivity contribution in [3.05, 3.63) is 29.8 Å². The maximum absolute atomic E-state index is 5.59. The van der Waals surface area contributed by atoms with E-state index in [9.17, 15) is 0 Å². The highest BCUT2D eigenvalue weighted by Gasteiger charge is 2.27. The molecule has 1 aromatic rings. The first kappa shape index (κ1) is 15.6. The Hall–Kier alpha value is -0.770. The number of halogens is 1. The van der Waals surface area contributed by atoms with E-state index in [-0.39, 0.29) is 12.4 Å². The van der Waals surface area contributed by atoms with Crippen molar-refractivity contribution in [2.45, 2.75) is 31.7 Å². The summed E-state index contributed by atoms with van der Waals surface area (Å²) < 4.78 is 0. The normalized spacial score (nSPS) is 20.4. The van der Waals surface area contributed by atoms with Crippen LogP contribution in [0.2, 0.25) is 0 Å². The second kappa shape index (κ2) is 7.30. The molecule has 0 bridgehead atoms. The van der Waals surface area contributed by atoms with Crippen molar-refractivity contribution in [1.82, 2.24) is 4.90 Å². The number of rotatable bonds is 4. The lowest BCUT2D eigenvalue weighted by atomic mass is 9.91. The van der Waals surface area contributed by atoms with Crippen molar-refractivity contribution >= 4 is 18.1 Å². The van der Waals surface area contributed by atoms with Gasteiger partial charge < -0.3 is 10.6 Å². The summed E-state index contributed by atoms with van der Waals surface area (Å²) in [6.45, 7) is 5.54. The van der Waals surface area contributed by atoms with E-state index in [4.69, 9.17) is 5.73 Å². The van der Waals surface area contributed by atoms with Crippen molar-refractivity contribution in [3.8, 4) is 0 Å². The largest absolute Gasteiger partial charge is 0.369 e. The Kier molecular flexibility index (Phi) is 5.70. The lowest BCUT2D eigenvalue weighted by Gasteiger charge is -2.43. The molecule has 1 aliphatic heterocycles. The van der Waals surface area contributed by atoms with Gasteiger partial charge in [-0.25, -0.2) is 0 Å². The van der Waals surface area contributed by atoms with Gasteiger partial charge in [0.1, 0.15) is 0 Å². The summed E-state index contributed by atoms with van der Waals surface area (Å²) in [6, 6.07) is 9.85. The van der Waals surface area contributed by atoms with Crippen molar-refractivity contribution in [1.29, 1.82) is 0 Å². The first-order valence-electron chi connectivity index (χ1n) is 7.65. The average molecular weight is 296 g/mol. The monoisotopic (exact) mass is 295 g/mol. The predicted molar refractivity (Wildman–Crippen MR) is 87.9 cm³/mol. The van der Waals surface area contributed by atoms with Gasteiger partial charge in [0, 0.05) is 37.9 Å². The molecule has 0 radical (unpaired) electrons. The van der Waals surface area contributed by atoms with Gasteiger partial charge in [-0.3, -0.25) is 4.90 Å². The van der Waals surface area contributed by atoms with E-state index in [1.54, 1.807) is 0 Å². The van der Waals surface area contributed by atoms with Crippen molar-refractivity contribution < 1.29 is 0 Å². The summed E-state index contributed by atoms with van der Waals surface area (Å²) in [5.74, 6) is 0. The summed E-state index contributed by atoms with van der Waals surface area (Å²) in [5, 5.41) is 0. The van der Waals surface area contributed by atoms with Crippen LogP contribution in [-0.2, 0) is 6.42 Å². The molecule has 1 aliphatic carbocycles. The van der Waals surface area contributed by atoms with E-state index >= 15 is 0 Å². The second-order valence-electron chi connectivity index (χ2n) is 5.81. The van der Waals surface area contributed by atoms with E-state index < -0.39 is 0 Å². The number of nitrogens with zero attached hydrogens (tertiary/aromatic N) is 2. The molecule has 0 unspecified atom stereocenters. The molecule has 0 amide bonds. The third-order valence-corrected chi connectivity index (χ3v) is 4.64. The van der Waals surface area contributed by atoms with Crippen LogP contribution < -0.4 is 10.6 Å². The number of nitrogens with two attached hydrogens (primary N) is 1. The summed E-state index contributed by atoms with van der Waals surface area (Å²) in [5.41, 5.74) is 8.30. The Morgan fingerprint density at radius 3 is 2.15 bits per heavy atom. The molecule has 2 aliphatic rings. The van der Waals surface area contributed by atoms with Crippen LogP contribution in [0.4, 0.5) is 5.69 Å². The highest BCUT2D eigenvalue weighted by Crippen LogP contribution is 2.26. The maximum Gasteiger partial charge on any atom is 0.0367 e. The maximum atomic E-state index is 5.59. The van der Waals surface area contributed by atoms with Gasteiger partial charge in [-0.15, -0.1) is 12.4 Å². The van der Waals surface area contributed by atoms with Crippen LogP contribution in [0.5, 0.6) is 0 Å². The van der Waals surface area contributed by atoms with Crippen LogP contribution in [0.25, 0.3) is 0 Å². The summed E-state index contributed by atoms with van der Waals surface area (Å²) in [7, 11) is 0. The third kappa shape index (κ3) is 3.46. The van der Waals surface area contributed by atoms with Crippen LogP contribution in [0.1, 0.15) is 24.8 Å². The lowest BCUT2D eigenvalue weighted by molar-refractivity contribution is 0.120. The van der Waals surface area contributed by atoms with E-state index in [2.05, 4.69) is 34.1 Å². The lowest BCUT2D eigenvalue weighted by Crippen LogP contribution is -2.52. The number of piperazine rings is 1. The quantitative estimate of drug-likeness (QED) is 0.925. The van der Waals surface area contributed by atoms with Crippen LogP contribution >= 0.6 is 12.4 Å². The minimum absolute atomic E-state index is 0. The Balaban J connectivity index is 0.00000147. The fourth-order valence-electron chi connectivity index (χ4n) is 3.14. The number of anilines is 1. The molecule has 2 N–H and O–H groups in total. The highest BCUT2D eigenvalue weighted by molar-refractivity contribution is 5.85. The molecule has 1 heterocycles. The third-order valence-electron chi connectivity index (χ3n) is 4.64. The molecule has 20 heavy (non-hydrogen) atoms. The summed E-state index contributed by atoms with van der Waals surface area (Å²) in [4.78, 5) is 5.20. The van der Waals surface area contributed by atoms with Crippen LogP contribution in [0.3, 0.4) is 0 Å². The van der Waals surface area contributed by atoms with E-state index in [1.807, 2.05) is 0 Å². The molecule has 2 fully saturated rings. The molecule has 0 spiro atoms. The second-order valence-corrected chi connectivity index (χ2v) is 5.81. The molecule has 3 nitrogen and oxygen atoms in total. The number of benzene rings is 1. The molecule has 0 atom stereocenters. The Morgan fingerprint density at radius 1 is 1.00 bits per heavy atom. The van der Waals surface area contributed by atoms with Gasteiger partial charge in [0.2, 0.25) is 0 Å². The average Bonchev–Trinajstić information content (AvgIpc) is 2.39. The molecule has 4 heteroatoms. The topological polar surface area (TPSA) is 32.5 Å². The van der Waals surface area contributed by atoms with Gasteiger partial charge in [0.05, 0.1) is 0 Å². The Bertz CT molecular complexity index is 395. The van der Waals surface area contributed by atoms with Gasteiger partial charge in [0.25, 0.3) is 0 Å². The zero-order valence-electron chi connectivity index (χ0n) is 12.1. The Labute approximate surface area is 128 Å². The van der Waals surface area contributed by atoms with Gasteiger partial charge in [0.15, 0.2) is 0 Å². The smallest absolute Gasteiger partial charge is 0.0367 e. The first-order chi connectivity index (χ1) is 9.36. The van der Waals surface area contributed by atoms with Crippen LogP contribution in [0, 0.1) is 0 Å². The van der Waals surface area contributed by atoms with E-state index in [1.165, 1.54) is 56.7 Å². The molecular weight excluding hydrogens is 270 g/mol. The predicted octanol–water partition coefficient (Wildman–Crippen LogP) is 2.28. The first-order valence-corrected chi connectivity index (χ1v) is 7.65. The zero-order chi connectivity index (χ0) is 13.1. The molecule has 1 saturated carbocycles. The summed E-state index contributed by atoms with van der Waals surface area (Å²) in [6.07, 6.45) is 5.27. The molecule has 1 saturated heterocycles. The molecular formula is C16H26ClN3. The molecule has 112 valence electrons. The minimum atomic E-state index is 0. The molecule has 3 rings (SSSR count). The van der Waals surface area contributed by atoms with Crippen molar-refractivity contribution in [2.75, 3.05) is 37.6 Å². The van der Waals surface area contributed by atoms with Gasteiger partial charge in [-0.1, -0.05) is 18.6 Å². The highest BCUT2D eigenvalue weighted by atomic mass is 35.5. The standard InChI is InChI=1S/C16H25N3.ClH/c17-9-8-14-4-6-16(7-5-14)19-12-10-18(11-13-19)15-2-1-3-15;/h4-7,15H,1-3,8-13,17H2;1H. The van der Waals surface area contributed by atoms with Gasteiger partial charge in [-0.05, 0) is 43.5 Å². The summed E-state index contributed by atoms with van der Waals surface area (Å²) >= 11 is 0. The van der Waals surface area contributed by atoms with Gasteiger partial charge >= 0.3 is 0 Å². The Morgan fingerprint density at radius 2 is 1.65 bits per heavy atom. The number of hydrogen-bond acceptors (Lipinski definition) is 3. The number of hydrogen-bond donors (Lipinski definition) is 1. The van der Waals surface area contributed by atoms with Gasteiger partial charge in [-0.2, -0.15) is 0 Å². The van der Waals surface area contributed by atoms with E-state index in [0.717, 1.165) is 19.0 Å². The van der Waals surface area contributed by atoms with Crippen molar-refractivity contribution in [2.24, 2.45) is 5.73 Å². The van der Waals surface area contributed by atoms with Crippen LogP contribution in [0.15, 0.2) is 24.3 Å². The fraction of sp³-hybridized carbons (Fsp3) is 0.625. The zero-order valence-corrected chi connectivity index (χ0v) is 12.9. The SMILES string of the molecule is Cl.NCCc1ccc(N2CCN(C3CCC3)CC2)cc1. The minimum Gasteiger partial charge on any atom is -0.369 e. The van der Waals surface area contributed by atoms with Crippen molar-refractivity contribution in [3.63, 3.8) is 0 Å². The van der Waals surface area contributed by atoms with E-state index in [0.29, 0.717) is 0 Å². The molecule has 0 aromatic heterocycles.